The number of anilines is 1. The molecule has 2 rings (SSSR count). The lowest BCUT2D eigenvalue weighted by atomic mass is 10.3. The number of hydrogen-bond acceptors (Lipinski definition) is 5. The molecule has 1 aromatic heterocycles. The molecule has 4 N–H and O–H groups in total. The number of pyridine rings is 1. The molecular weight excluding hydrogens is 326 g/mol. The van der Waals surface area contributed by atoms with Crippen LogP contribution in [0.25, 0.3) is 0 Å². The Hall–Kier alpha value is -2.28. The molecule has 6 nitrogen and oxygen atoms in total. The molecule has 0 aliphatic rings. The van der Waals surface area contributed by atoms with E-state index in [-0.39, 0.29) is 11.6 Å². The third-order valence-corrected chi connectivity index (χ3v) is 3.11. The van der Waals surface area contributed by atoms with Gasteiger partial charge in [-0.1, -0.05) is 0 Å². The number of aromatic nitrogens is 1. The standard InChI is InChI=1S/C13H12BrN3O3/c1-19-7-2-5-11(8(14)6-7)20-13-9(15)3-4-10(17-13)12(16)18/h2-6H,15H2,1H3,(H2,16,18). The predicted octanol–water partition coefficient (Wildman–Crippen LogP) is 2.33. The van der Waals surface area contributed by atoms with Gasteiger partial charge in [-0.2, -0.15) is 0 Å². The van der Waals surface area contributed by atoms with Gasteiger partial charge in [0.15, 0.2) is 0 Å². The van der Waals surface area contributed by atoms with Gasteiger partial charge >= 0.3 is 0 Å². The minimum atomic E-state index is -0.649. The number of carbonyl (C=O) groups is 1. The highest BCUT2D eigenvalue weighted by atomic mass is 79.9. The van der Waals surface area contributed by atoms with Crippen molar-refractivity contribution in [3.05, 3.63) is 40.5 Å². The molecule has 1 heterocycles. The fraction of sp³-hybridized carbons (Fsp3) is 0.0769. The van der Waals surface area contributed by atoms with Crippen LogP contribution in [0.1, 0.15) is 10.5 Å². The molecule has 2 aromatic rings. The average molecular weight is 338 g/mol. The molecule has 0 aliphatic heterocycles. The highest BCUT2D eigenvalue weighted by Gasteiger charge is 2.11. The number of primary amides is 1. The van der Waals surface area contributed by atoms with Gasteiger partial charge in [-0.3, -0.25) is 4.79 Å². The number of amides is 1. The first-order chi connectivity index (χ1) is 9.51. The molecule has 0 saturated carbocycles. The number of nitrogen functional groups attached to an aromatic ring is 1. The van der Waals surface area contributed by atoms with Crippen molar-refractivity contribution in [3.63, 3.8) is 0 Å². The SMILES string of the molecule is COc1ccc(Oc2nc(C(N)=O)ccc2N)c(Br)c1. The summed E-state index contributed by atoms with van der Waals surface area (Å²) in [6.07, 6.45) is 0. The maximum atomic E-state index is 11.1. The van der Waals surface area contributed by atoms with Crippen LogP contribution in [0.3, 0.4) is 0 Å². The molecule has 0 aliphatic carbocycles. The average Bonchev–Trinajstić information content (AvgIpc) is 2.42. The Balaban J connectivity index is 2.34. The molecule has 0 bridgehead atoms. The van der Waals surface area contributed by atoms with Gasteiger partial charge < -0.3 is 20.9 Å². The minimum Gasteiger partial charge on any atom is -0.497 e. The topological polar surface area (TPSA) is 100 Å². The maximum absolute atomic E-state index is 11.1. The second-order valence-electron chi connectivity index (χ2n) is 3.85. The van der Waals surface area contributed by atoms with Crippen molar-refractivity contribution in [2.24, 2.45) is 5.73 Å². The van der Waals surface area contributed by atoms with Gasteiger partial charge in [0.25, 0.3) is 5.91 Å². The molecule has 0 spiro atoms. The molecule has 0 atom stereocenters. The lowest BCUT2D eigenvalue weighted by Gasteiger charge is -2.10. The van der Waals surface area contributed by atoms with Crippen molar-refractivity contribution in [1.29, 1.82) is 0 Å². The van der Waals surface area contributed by atoms with E-state index >= 15 is 0 Å². The Morgan fingerprint density at radius 1 is 1.30 bits per heavy atom. The van der Waals surface area contributed by atoms with Gasteiger partial charge in [-0.25, -0.2) is 4.98 Å². The van der Waals surface area contributed by atoms with Crippen LogP contribution in [-0.2, 0) is 0 Å². The highest BCUT2D eigenvalue weighted by Crippen LogP contribution is 2.33. The van der Waals surface area contributed by atoms with E-state index < -0.39 is 5.91 Å². The molecule has 0 saturated heterocycles. The van der Waals surface area contributed by atoms with Crippen LogP contribution in [0.5, 0.6) is 17.4 Å². The summed E-state index contributed by atoms with van der Waals surface area (Å²) in [5.74, 6) is 0.637. The quantitative estimate of drug-likeness (QED) is 0.891. The number of ether oxygens (including phenoxy) is 2. The summed E-state index contributed by atoms with van der Waals surface area (Å²) in [6.45, 7) is 0. The van der Waals surface area contributed by atoms with Crippen molar-refractivity contribution in [3.8, 4) is 17.4 Å². The van der Waals surface area contributed by atoms with Crippen molar-refractivity contribution < 1.29 is 14.3 Å². The van der Waals surface area contributed by atoms with Crippen molar-refractivity contribution >= 4 is 27.5 Å². The molecule has 104 valence electrons. The summed E-state index contributed by atoms with van der Waals surface area (Å²) in [5.41, 5.74) is 11.3. The van der Waals surface area contributed by atoms with E-state index in [2.05, 4.69) is 20.9 Å². The van der Waals surface area contributed by atoms with E-state index in [1.165, 1.54) is 12.1 Å². The first-order valence-electron chi connectivity index (χ1n) is 5.59. The zero-order valence-corrected chi connectivity index (χ0v) is 12.2. The third kappa shape index (κ3) is 3.00. The van der Waals surface area contributed by atoms with Gasteiger partial charge in [0, 0.05) is 0 Å². The zero-order valence-electron chi connectivity index (χ0n) is 10.6. The van der Waals surface area contributed by atoms with E-state index in [0.29, 0.717) is 21.7 Å². The van der Waals surface area contributed by atoms with Crippen LogP contribution in [-0.4, -0.2) is 18.0 Å². The minimum absolute atomic E-state index is 0.0823. The number of benzene rings is 1. The number of nitrogens with two attached hydrogens (primary N) is 2. The maximum Gasteiger partial charge on any atom is 0.267 e. The Morgan fingerprint density at radius 3 is 2.65 bits per heavy atom. The number of hydrogen-bond donors (Lipinski definition) is 2. The molecule has 7 heteroatoms. The van der Waals surface area contributed by atoms with Crippen molar-refractivity contribution in [1.82, 2.24) is 4.98 Å². The van der Waals surface area contributed by atoms with Crippen LogP contribution in [0.15, 0.2) is 34.8 Å². The van der Waals surface area contributed by atoms with Crippen molar-refractivity contribution in [2.75, 3.05) is 12.8 Å². The highest BCUT2D eigenvalue weighted by molar-refractivity contribution is 9.10. The summed E-state index contributed by atoms with van der Waals surface area (Å²) < 4.78 is 11.3. The Kier molecular flexibility index (Phi) is 4.09. The molecule has 1 aromatic carbocycles. The Labute approximate surface area is 123 Å². The van der Waals surface area contributed by atoms with Crippen LogP contribution in [0.2, 0.25) is 0 Å². The first-order valence-corrected chi connectivity index (χ1v) is 6.38. The van der Waals surface area contributed by atoms with Crippen LogP contribution >= 0.6 is 15.9 Å². The van der Waals surface area contributed by atoms with Gasteiger partial charge in [-0.15, -0.1) is 0 Å². The van der Waals surface area contributed by atoms with Crippen molar-refractivity contribution in [2.45, 2.75) is 0 Å². The molecule has 1 amide bonds. The van der Waals surface area contributed by atoms with E-state index in [0.717, 1.165) is 0 Å². The van der Waals surface area contributed by atoms with Crippen LogP contribution < -0.4 is 20.9 Å². The van der Waals surface area contributed by atoms with Crippen LogP contribution in [0, 0.1) is 0 Å². The summed E-state index contributed by atoms with van der Waals surface area (Å²) in [7, 11) is 1.57. The zero-order chi connectivity index (χ0) is 14.7. The Morgan fingerprint density at radius 2 is 2.05 bits per heavy atom. The molecular formula is C13H12BrN3O3. The van der Waals surface area contributed by atoms with Gasteiger partial charge in [0.2, 0.25) is 5.88 Å². The lowest BCUT2D eigenvalue weighted by molar-refractivity contribution is 0.0995. The first kappa shape index (κ1) is 14.1. The fourth-order valence-corrected chi connectivity index (χ4v) is 1.90. The predicted molar refractivity (Wildman–Crippen MR) is 77.9 cm³/mol. The normalized spacial score (nSPS) is 10.1. The Bertz CT molecular complexity index is 661. The second-order valence-corrected chi connectivity index (χ2v) is 4.71. The number of carbonyl (C=O) groups excluding carboxylic acids is 1. The number of halogens is 1. The summed E-state index contributed by atoms with van der Waals surface area (Å²) >= 11 is 3.35. The van der Waals surface area contributed by atoms with E-state index in [1.807, 2.05) is 0 Å². The lowest BCUT2D eigenvalue weighted by Crippen LogP contribution is -2.13. The number of methoxy groups -OCH3 is 1. The molecule has 0 fully saturated rings. The van der Waals surface area contributed by atoms with E-state index in [4.69, 9.17) is 20.9 Å². The van der Waals surface area contributed by atoms with Gasteiger partial charge in [-0.05, 0) is 46.3 Å². The van der Waals surface area contributed by atoms with Crippen LogP contribution in [0.4, 0.5) is 5.69 Å². The van der Waals surface area contributed by atoms with Gasteiger partial charge in [0.05, 0.1) is 17.3 Å². The number of nitrogens with zero attached hydrogens (tertiary/aromatic N) is 1. The number of rotatable bonds is 4. The van der Waals surface area contributed by atoms with E-state index in [9.17, 15) is 4.79 Å². The molecule has 20 heavy (non-hydrogen) atoms. The molecule has 0 radical (unpaired) electrons. The summed E-state index contributed by atoms with van der Waals surface area (Å²) in [4.78, 5) is 15.1. The summed E-state index contributed by atoms with van der Waals surface area (Å²) in [6, 6.07) is 8.12. The fourth-order valence-electron chi connectivity index (χ4n) is 1.47. The smallest absolute Gasteiger partial charge is 0.267 e. The molecule has 0 unspecified atom stereocenters. The third-order valence-electron chi connectivity index (χ3n) is 2.49. The summed E-state index contributed by atoms with van der Waals surface area (Å²) in [5, 5.41) is 0. The van der Waals surface area contributed by atoms with E-state index in [1.54, 1.807) is 25.3 Å². The largest absolute Gasteiger partial charge is 0.497 e. The van der Waals surface area contributed by atoms with Gasteiger partial charge in [0.1, 0.15) is 17.2 Å². The monoisotopic (exact) mass is 337 g/mol. The second kappa shape index (κ2) is 5.79.